The number of carbonyl (C=O) groups is 2. The fraction of sp³-hybridized carbons (Fsp3) is 0.966. The van der Waals surface area contributed by atoms with E-state index >= 15 is 0 Å². The molecule has 11 unspecified atom stereocenters. The number of ether oxygens (including phenoxy) is 6. The van der Waals surface area contributed by atoms with Crippen molar-refractivity contribution in [2.45, 2.75) is 332 Å². The van der Waals surface area contributed by atoms with Crippen LogP contribution in [0.25, 0.3) is 0 Å². The molecule has 0 saturated carbocycles. The van der Waals surface area contributed by atoms with E-state index in [-0.39, 0.29) is 26.1 Å². The fourth-order valence-corrected chi connectivity index (χ4v) is 9.93. The lowest BCUT2D eigenvalue weighted by Gasteiger charge is -2.42. The SMILES string of the molecule is CCCCCCCCCCCCCCCCCCCCCCCC(=O)OC(COC(=O)CCCCCCCCCCCCCCCCCC)COC1OC(COC2OC(CO)C(O)C(O)C2O)C(O)C(O)C1O. The zero-order valence-electron chi connectivity index (χ0n) is 46.2. The minimum absolute atomic E-state index is 0.174. The highest BCUT2D eigenvalue weighted by Gasteiger charge is 2.47. The molecular formula is C58H110O15. The molecule has 0 spiro atoms. The van der Waals surface area contributed by atoms with Crippen LogP contribution in [0.3, 0.4) is 0 Å². The highest BCUT2D eigenvalue weighted by atomic mass is 16.7. The van der Waals surface area contributed by atoms with Gasteiger partial charge in [-0.2, -0.15) is 0 Å². The maximum atomic E-state index is 13.1. The lowest BCUT2D eigenvalue weighted by atomic mass is 9.98. The van der Waals surface area contributed by atoms with E-state index in [0.717, 1.165) is 38.5 Å². The van der Waals surface area contributed by atoms with E-state index in [1.54, 1.807) is 0 Å². The summed E-state index contributed by atoms with van der Waals surface area (Å²) >= 11 is 0. The predicted octanol–water partition coefficient (Wildman–Crippen LogP) is 10.3. The Kier molecular flexibility index (Phi) is 42.2. The Hall–Kier alpha value is -1.50. The lowest BCUT2D eigenvalue weighted by Crippen LogP contribution is -2.61. The molecule has 73 heavy (non-hydrogen) atoms. The van der Waals surface area contributed by atoms with Crippen LogP contribution in [0.5, 0.6) is 0 Å². The number of aliphatic hydroxyl groups is 7. The van der Waals surface area contributed by atoms with Gasteiger partial charge < -0.3 is 64.2 Å². The van der Waals surface area contributed by atoms with Crippen molar-refractivity contribution in [3.8, 4) is 0 Å². The first-order valence-corrected chi connectivity index (χ1v) is 30.1. The van der Waals surface area contributed by atoms with E-state index < -0.39 is 92.7 Å². The van der Waals surface area contributed by atoms with Crippen LogP contribution in [0.4, 0.5) is 0 Å². The number of esters is 2. The summed E-state index contributed by atoms with van der Waals surface area (Å²) in [5.41, 5.74) is 0. The summed E-state index contributed by atoms with van der Waals surface area (Å²) in [4.78, 5) is 25.9. The van der Waals surface area contributed by atoms with Gasteiger partial charge >= 0.3 is 11.9 Å². The number of hydrogen-bond acceptors (Lipinski definition) is 15. The van der Waals surface area contributed by atoms with Crippen molar-refractivity contribution < 1.29 is 73.8 Å². The van der Waals surface area contributed by atoms with Crippen LogP contribution >= 0.6 is 0 Å². The van der Waals surface area contributed by atoms with E-state index in [0.29, 0.717) is 12.8 Å². The third-order valence-corrected chi connectivity index (χ3v) is 14.8. The van der Waals surface area contributed by atoms with Gasteiger partial charge in [-0.25, -0.2) is 0 Å². The molecule has 2 fully saturated rings. The quantitative estimate of drug-likeness (QED) is 0.0222. The van der Waals surface area contributed by atoms with Crippen LogP contribution < -0.4 is 0 Å². The average Bonchev–Trinajstić information content (AvgIpc) is 3.38. The van der Waals surface area contributed by atoms with Gasteiger partial charge in [-0.1, -0.05) is 239 Å². The molecule has 0 aromatic carbocycles. The molecule has 15 heteroatoms. The van der Waals surface area contributed by atoms with Crippen LogP contribution in [-0.4, -0.2) is 142 Å². The summed E-state index contributed by atoms with van der Waals surface area (Å²) < 4.78 is 33.7. The topological polar surface area (TPSA) is 231 Å². The Balaban J connectivity index is 1.73. The van der Waals surface area contributed by atoms with Gasteiger partial charge in [-0.3, -0.25) is 9.59 Å². The van der Waals surface area contributed by atoms with Crippen molar-refractivity contribution in [3.05, 3.63) is 0 Å². The molecule has 0 aliphatic carbocycles. The van der Waals surface area contributed by atoms with E-state index in [1.165, 1.54) is 186 Å². The summed E-state index contributed by atoms with van der Waals surface area (Å²) in [6.07, 6.45) is 29.8. The normalized spacial score (nSPS) is 24.7. The maximum absolute atomic E-state index is 13.1. The van der Waals surface area contributed by atoms with Crippen LogP contribution in [0.2, 0.25) is 0 Å². The number of hydrogen-bond donors (Lipinski definition) is 7. The zero-order chi connectivity index (χ0) is 53.2. The predicted molar refractivity (Wildman–Crippen MR) is 285 cm³/mol. The van der Waals surface area contributed by atoms with Crippen molar-refractivity contribution in [2.24, 2.45) is 0 Å². The van der Waals surface area contributed by atoms with Gasteiger partial charge in [-0.05, 0) is 12.8 Å². The first kappa shape index (κ1) is 67.6. The molecule has 2 aliphatic rings. The molecule has 2 saturated heterocycles. The van der Waals surface area contributed by atoms with E-state index in [1.807, 2.05) is 0 Å². The molecular weight excluding hydrogens is 937 g/mol. The first-order chi connectivity index (χ1) is 35.5. The van der Waals surface area contributed by atoms with Crippen LogP contribution in [0, 0.1) is 0 Å². The molecule has 0 radical (unpaired) electrons. The second-order valence-electron chi connectivity index (χ2n) is 21.5. The number of aliphatic hydroxyl groups excluding tert-OH is 7. The van der Waals surface area contributed by atoms with Crippen LogP contribution in [-0.2, 0) is 38.0 Å². The molecule has 0 aromatic rings. The smallest absolute Gasteiger partial charge is 0.306 e. The molecule has 0 aromatic heterocycles. The Labute approximate surface area is 442 Å². The lowest BCUT2D eigenvalue weighted by molar-refractivity contribution is -0.332. The molecule has 432 valence electrons. The van der Waals surface area contributed by atoms with Crippen molar-refractivity contribution in [3.63, 3.8) is 0 Å². The van der Waals surface area contributed by atoms with Crippen LogP contribution in [0.15, 0.2) is 0 Å². The number of rotatable bonds is 49. The second kappa shape index (κ2) is 45.5. The molecule has 2 heterocycles. The highest BCUT2D eigenvalue weighted by Crippen LogP contribution is 2.27. The van der Waals surface area contributed by atoms with Gasteiger partial charge in [0.2, 0.25) is 0 Å². The fourth-order valence-electron chi connectivity index (χ4n) is 9.93. The summed E-state index contributed by atoms with van der Waals surface area (Å²) in [5.74, 6) is -0.903. The van der Waals surface area contributed by atoms with Gasteiger partial charge in [0.25, 0.3) is 0 Å². The van der Waals surface area contributed by atoms with E-state index in [4.69, 9.17) is 28.4 Å². The third-order valence-electron chi connectivity index (χ3n) is 14.8. The summed E-state index contributed by atoms with van der Waals surface area (Å²) in [7, 11) is 0. The molecule has 0 amide bonds. The van der Waals surface area contributed by atoms with Crippen molar-refractivity contribution in [2.75, 3.05) is 26.4 Å². The molecule has 7 N–H and O–H groups in total. The van der Waals surface area contributed by atoms with Crippen molar-refractivity contribution in [1.82, 2.24) is 0 Å². The standard InChI is InChI=1S/C58H110O15/c1-3-5-7-9-11-13-15-17-19-21-22-23-24-25-27-29-31-33-35-37-39-41-50(61)71-46(43-68-49(60)40-38-36-34-32-30-28-26-20-18-16-14-12-10-8-6-4-2)44-69-57-56(67)54(65)52(63)48(73-57)45-70-58-55(66)53(64)51(62)47(42-59)72-58/h46-48,51-59,62-67H,3-45H2,1-2H3. The number of unbranched alkanes of at least 4 members (excludes halogenated alkanes) is 35. The monoisotopic (exact) mass is 1050 g/mol. The van der Waals surface area contributed by atoms with E-state index in [2.05, 4.69) is 13.8 Å². The summed E-state index contributed by atoms with van der Waals surface area (Å²) in [6, 6.07) is 0. The third kappa shape index (κ3) is 32.8. The van der Waals surface area contributed by atoms with Crippen LogP contribution in [0.1, 0.15) is 264 Å². The first-order valence-electron chi connectivity index (χ1n) is 30.1. The molecule has 0 bridgehead atoms. The van der Waals surface area contributed by atoms with Gasteiger partial charge in [0.05, 0.1) is 19.8 Å². The maximum Gasteiger partial charge on any atom is 0.306 e. The summed E-state index contributed by atoms with van der Waals surface area (Å²) in [5, 5.41) is 72.3. The number of carbonyl (C=O) groups excluding carboxylic acids is 2. The average molecular weight is 1050 g/mol. The van der Waals surface area contributed by atoms with Gasteiger partial charge in [0, 0.05) is 12.8 Å². The summed E-state index contributed by atoms with van der Waals surface area (Å²) in [6.45, 7) is 2.66. The molecule has 15 nitrogen and oxygen atoms in total. The Bertz CT molecular complexity index is 1280. The molecule has 2 aliphatic heterocycles. The van der Waals surface area contributed by atoms with Crippen molar-refractivity contribution in [1.29, 1.82) is 0 Å². The van der Waals surface area contributed by atoms with Gasteiger partial charge in [0.1, 0.15) is 55.4 Å². The molecule has 11 atom stereocenters. The molecule has 2 rings (SSSR count). The van der Waals surface area contributed by atoms with Gasteiger partial charge in [-0.15, -0.1) is 0 Å². The largest absolute Gasteiger partial charge is 0.462 e. The van der Waals surface area contributed by atoms with Gasteiger partial charge in [0.15, 0.2) is 18.7 Å². The highest BCUT2D eigenvalue weighted by molar-refractivity contribution is 5.70. The minimum atomic E-state index is -1.76. The van der Waals surface area contributed by atoms with E-state index in [9.17, 15) is 45.3 Å². The second-order valence-corrected chi connectivity index (χ2v) is 21.5. The minimum Gasteiger partial charge on any atom is -0.462 e. The Morgan fingerprint density at radius 2 is 0.699 bits per heavy atom. The Morgan fingerprint density at radius 1 is 0.384 bits per heavy atom. The Morgan fingerprint density at radius 3 is 1.07 bits per heavy atom. The zero-order valence-corrected chi connectivity index (χ0v) is 46.2. The van der Waals surface area contributed by atoms with Crippen molar-refractivity contribution >= 4 is 11.9 Å².